The van der Waals surface area contributed by atoms with E-state index in [2.05, 4.69) is 36.0 Å². The number of azo groups is 3. The van der Waals surface area contributed by atoms with Gasteiger partial charge in [0.15, 0.2) is 5.75 Å². The van der Waals surface area contributed by atoms with E-state index in [1.165, 1.54) is 36.4 Å². The monoisotopic (exact) mass is 1060 g/mol. The summed E-state index contributed by atoms with van der Waals surface area (Å²) < 4.78 is 138. The molecule has 0 spiro atoms. The Hall–Kier alpha value is -7.14. The van der Waals surface area contributed by atoms with E-state index in [1.54, 1.807) is 36.4 Å². The van der Waals surface area contributed by atoms with E-state index in [9.17, 15) is 62.1 Å². The van der Waals surface area contributed by atoms with Crippen molar-refractivity contribution >= 4 is 159 Å². The van der Waals surface area contributed by atoms with Crippen LogP contribution in [0, 0.1) is 0 Å². The molecule has 0 saturated heterocycles. The van der Waals surface area contributed by atoms with E-state index in [1.807, 2.05) is 30.3 Å². The van der Waals surface area contributed by atoms with Gasteiger partial charge in [0.05, 0.1) is 48.5 Å². The molecule has 1 radical (unpaired) electrons. The summed E-state index contributed by atoms with van der Waals surface area (Å²) in [5, 5.41) is 51.9. The number of rotatable bonds is 12. The van der Waals surface area contributed by atoms with Crippen LogP contribution in [-0.4, -0.2) is 91.7 Å². The fraction of sp³-hybridized carbons (Fsp3) is 0. The van der Waals surface area contributed by atoms with Crippen LogP contribution in [0.2, 0.25) is 0 Å². The molecule has 9 aromatic carbocycles. The minimum Gasteiger partial charge on any atom is -0.507 e. The zero-order valence-corrected chi connectivity index (χ0v) is 41.9. The fourth-order valence-corrected chi connectivity index (χ4v) is 9.83. The zero-order valence-electron chi connectivity index (χ0n) is 36.6. The maximum Gasteiger partial charge on any atom is 0.296 e. The third-order valence-corrected chi connectivity index (χ3v) is 14.2. The smallest absolute Gasteiger partial charge is 0.296 e. The third-order valence-electron chi connectivity index (χ3n) is 10.8. The number of fused-ring (bicyclic) bond motifs is 4. The standard InChI is InChI=1S/C46H31N7O14S4.Na/c54-42-24-31(70(62,63)64)20-26-19-30(69(59,60)61)23-41(44(26)42)52-50-38-15-14-37(33-8-4-5-9-34(33)38)48-49-39-16-17-40(36-22-29(68(56,57)58)11-13-35(36)39)51-53-45-43(71(65,66)67)21-25-18-28(10-12-32(25)46(45)55)47-27-6-2-1-3-7-27;/h1-24,47,54-55H,(H,56,57,58)(H,59,60,61)(H,62,63,64)(H,65,66,67);. The number of phenols is 2. The van der Waals surface area contributed by atoms with Crippen LogP contribution in [0.15, 0.2) is 196 Å². The number of nitrogens with one attached hydrogen (secondary N) is 1. The molecule has 0 fully saturated rings. The Bertz CT molecular complexity index is 4290. The van der Waals surface area contributed by atoms with E-state index < -0.39 is 77.2 Å². The first-order valence-corrected chi connectivity index (χ1v) is 26.0. The van der Waals surface area contributed by atoms with Crippen LogP contribution in [-0.2, 0) is 40.5 Å². The molecule has 0 aliphatic rings. The van der Waals surface area contributed by atoms with Gasteiger partial charge in [-0.25, -0.2) is 0 Å². The summed E-state index contributed by atoms with van der Waals surface area (Å²) in [7, 11) is -19.6. The second kappa shape index (κ2) is 19.5. The average molecular weight is 1060 g/mol. The minimum absolute atomic E-state index is 0. The van der Waals surface area contributed by atoms with E-state index >= 15 is 0 Å². The molecule has 7 N–H and O–H groups in total. The van der Waals surface area contributed by atoms with Crippen molar-refractivity contribution in [3.05, 3.63) is 146 Å². The van der Waals surface area contributed by atoms with Gasteiger partial charge in [0, 0.05) is 73.9 Å². The predicted octanol–water partition coefficient (Wildman–Crippen LogP) is 11.3. The van der Waals surface area contributed by atoms with Crippen LogP contribution in [0.25, 0.3) is 43.1 Å². The van der Waals surface area contributed by atoms with Crippen molar-refractivity contribution in [3.63, 3.8) is 0 Å². The molecule has 0 atom stereocenters. The molecule has 21 nitrogen and oxygen atoms in total. The Morgan fingerprint density at radius 3 is 1.42 bits per heavy atom. The van der Waals surface area contributed by atoms with Crippen molar-refractivity contribution in [2.45, 2.75) is 19.6 Å². The van der Waals surface area contributed by atoms with Gasteiger partial charge in [-0.2, -0.15) is 33.7 Å². The maximum absolute atomic E-state index is 12.7. The Labute approximate surface area is 430 Å². The molecule has 0 amide bonds. The molecule has 0 saturated carbocycles. The summed E-state index contributed by atoms with van der Waals surface area (Å²) in [6.07, 6.45) is 0. The first-order chi connectivity index (χ1) is 33.5. The fourth-order valence-electron chi connectivity index (χ4n) is 7.60. The van der Waals surface area contributed by atoms with Crippen molar-refractivity contribution in [1.29, 1.82) is 0 Å². The van der Waals surface area contributed by atoms with Crippen molar-refractivity contribution in [3.8, 4) is 11.5 Å². The van der Waals surface area contributed by atoms with Crippen molar-refractivity contribution in [1.82, 2.24) is 0 Å². The van der Waals surface area contributed by atoms with Crippen LogP contribution in [0.1, 0.15) is 0 Å². The van der Waals surface area contributed by atoms with Gasteiger partial charge in [0.1, 0.15) is 16.3 Å². The number of benzene rings is 9. The molecular weight excluding hydrogens is 1030 g/mol. The van der Waals surface area contributed by atoms with Gasteiger partial charge in [-0.05, 0) is 102 Å². The first-order valence-electron chi connectivity index (χ1n) is 20.2. The molecule has 0 unspecified atom stereocenters. The quantitative estimate of drug-likeness (QED) is 0.0340. The van der Waals surface area contributed by atoms with Gasteiger partial charge < -0.3 is 15.5 Å². The molecule has 0 aliphatic carbocycles. The van der Waals surface area contributed by atoms with Gasteiger partial charge >= 0.3 is 0 Å². The number of nitrogens with zero attached hydrogens (tertiary/aromatic N) is 6. The zero-order chi connectivity index (χ0) is 50.6. The molecular formula is C46H31N7NaO14S4. The Morgan fingerprint density at radius 1 is 0.375 bits per heavy atom. The molecule has 0 aromatic heterocycles. The molecule has 9 aromatic rings. The van der Waals surface area contributed by atoms with E-state index in [0.29, 0.717) is 16.5 Å². The van der Waals surface area contributed by atoms with Crippen LogP contribution < -0.4 is 5.32 Å². The molecule has 26 heteroatoms. The molecule has 9 rings (SSSR count). The van der Waals surface area contributed by atoms with Gasteiger partial charge in [0.2, 0.25) is 0 Å². The van der Waals surface area contributed by atoms with Crippen molar-refractivity contribution in [2.75, 3.05) is 5.32 Å². The second-order valence-electron chi connectivity index (χ2n) is 15.4. The minimum atomic E-state index is -5.04. The van der Waals surface area contributed by atoms with Crippen LogP contribution in [0.4, 0.5) is 45.5 Å². The Morgan fingerprint density at radius 2 is 0.861 bits per heavy atom. The Balaban J connectivity index is 0.00000693. The van der Waals surface area contributed by atoms with Crippen LogP contribution >= 0.6 is 0 Å². The summed E-state index contributed by atoms with van der Waals surface area (Å²) in [6.45, 7) is 0. The SMILES string of the molecule is O=S(=O)(O)c1cc(O)c2c(N=Nc3ccc(N=Nc4ccc(N=Nc5c(S(=O)(=O)O)cc6cc(Nc7ccccc7)ccc6c5O)c5cc(S(=O)(=O)O)ccc45)c4ccccc34)cc(S(=O)(=O)O)cc2c1.[Na]. The van der Waals surface area contributed by atoms with Gasteiger partial charge in [-0.1, -0.05) is 48.5 Å². The summed E-state index contributed by atoms with van der Waals surface area (Å²) in [6, 6.07) is 34.2. The number of aromatic hydroxyl groups is 2. The van der Waals surface area contributed by atoms with E-state index in [-0.39, 0.29) is 90.3 Å². The van der Waals surface area contributed by atoms with Gasteiger partial charge in [-0.15, -0.1) is 30.7 Å². The third kappa shape index (κ3) is 10.6. The summed E-state index contributed by atoms with van der Waals surface area (Å²) in [5.74, 6) is -1.35. The summed E-state index contributed by atoms with van der Waals surface area (Å²) >= 11 is 0. The van der Waals surface area contributed by atoms with Gasteiger partial charge in [-0.3, -0.25) is 18.2 Å². The Kier molecular flexibility index (Phi) is 13.8. The molecule has 72 heavy (non-hydrogen) atoms. The number of anilines is 2. The number of hydrogen-bond acceptors (Lipinski definition) is 17. The maximum atomic E-state index is 12.7. The van der Waals surface area contributed by atoms with E-state index in [0.717, 1.165) is 48.2 Å². The normalized spacial score (nSPS) is 12.7. The second-order valence-corrected chi connectivity index (χ2v) is 21.1. The van der Waals surface area contributed by atoms with Crippen LogP contribution in [0.5, 0.6) is 11.5 Å². The number of phenolic OH excluding ortho intramolecular Hbond substituents is 2. The molecule has 0 heterocycles. The predicted molar refractivity (Wildman–Crippen MR) is 266 cm³/mol. The number of para-hydroxylation sites is 1. The summed E-state index contributed by atoms with van der Waals surface area (Å²) in [4.78, 5) is -2.80. The molecule has 0 bridgehead atoms. The van der Waals surface area contributed by atoms with Crippen molar-refractivity contribution in [2.24, 2.45) is 30.7 Å². The number of hydrogen-bond donors (Lipinski definition) is 7. The largest absolute Gasteiger partial charge is 0.507 e. The molecule has 0 aliphatic heterocycles. The van der Waals surface area contributed by atoms with Crippen molar-refractivity contribution < 1.29 is 62.1 Å². The topological polar surface area (TPSA) is 344 Å². The van der Waals surface area contributed by atoms with Crippen LogP contribution in [0.3, 0.4) is 0 Å². The average Bonchev–Trinajstić information content (AvgIpc) is 3.31. The summed E-state index contributed by atoms with van der Waals surface area (Å²) in [5.41, 5.74) is 0.854. The first kappa shape index (κ1) is 51.2. The van der Waals surface area contributed by atoms with E-state index in [4.69, 9.17) is 0 Å². The van der Waals surface area contributed by atoms with Gasteiger partial charge in [0.25, 0.3) is 40.5 Å². The molecule has 359 valence electrons.